The molecule has 2 aromatic rings. The molecule has 4 nitrogen and oxygen atoms in total. The molecule has 0 bridgehead atoms. The van der Waals surface area contributed by atoms with Gasteiger partial charge in [0.15, 0.2) is 0 Å². The lowest BCUT2D eigenvalue weighted by molar-refractivity contribution is -0.142. The number of carboxylic acid groups (broad SMARTS) is 1. The van der Waals surface area contributed by atoms with Gasteiger partial charge in [0, 0.05) is 6.54 Å². The van der Waals surface area contributed by atoms with Gasteiger partial charge in [-0.25, -0.2) is 0 Å². The summed E-state index contributed by atoms with van der Waals surface area (Å²) in [6, 6.07) is 17.2. The van der Waals surface area contributed by atoms with Crippen LogP contribution in [0.25, 0.3) is 0 Å². The zero-order chi connectivity index (χ0) is 14.4. The van der Waals surface area contributed by atoms with Crippen molar-refractivity contribution in [2.75, 3.05) is 0 Å². The minimum Gasteiger partial charge on any atom is -0.480 e. The highest BCUT2D eigenvalue weighted by Crippen LogP contribution is 2.17. The fraction of sp³-hybridized carbons (Fsp3) is 0.188. The molecule has 0 radical (unpaired) electrons. The Balaban J connectivity index is 2.06. The average molecular weight is 271 g/mol. The summed E-state index contributed by atoms with van der Waals surface area (Å²) in [7, 11) is 0. The smallest absolute Gasteiger partial charge is 0.323 e. The van der Waals surface area contributed by atoms with Crippen LogP contribution in [0.3, 0.4) is 0 Å². The van der Waals surface area contributed by atoms with E-state index in [2.05, 4.69) is 5.32 Å². The van der Waals surface area contributed by atoms with Crippen molar-refractivity contribution in [2.24, 2.45) is 0 Å². The number of rotatable bonds is 6. The summed E-state index contributed by atoms with van der Waals surface area (Å²) >= 11 is 0. The van der Waals surface area contributed by atoms with Gasteiger partial charge in [-0.2, -0.15) is 0 Å². The Hall–Kier alpha value is -2.17. The second-order valence-corrected chi connectivity index (χ2v) is 4.54. The summed E-state index contributed by atoms with van der Waals surface area (Å²) in [4.78, 5) is 11.3. The molecule has 0 aliphatic heterocycles. The molecule has 0 amide bonds. The lowest BCUT2D eigenvalue weighted by Crippen LogP contribution is -2.41. The molecule has 4 heteroatoms. The van der Waals surface area contributed by atoms with Crippen molar-refractivity contribution in [3.05, 3.63) is 71.8 Å². The quantitative estimate of drug-likeness (QED) is 0.751. The second-order valence-electron chi connectivity index (χ2n) is 4.54. The molecule has 2 atom stereocenters. The van der Waals surface area contributed by atoms with Gasteiger partial charge in [-0.05, 0) is 11.1 Å². The molecule has 0 aromatic heterocycles. The van der Waals surface area contributed by atoms with Crippen LogP contribution in [-0.4, -0.2) is 22.2 Å². The van der Waals surface area contributed by atoms with Gasteiger partial charge in [0.1, 0.15) is 12.1 Å². The molecule has 0 heterocycles. The minimum absolute atomic E-state index is 0.391. The topological polar surface area (TPSA) is 69.6 Å². The molecule has 104 valence electrons. The Kier molecular flexibility index (Phi) is 4.87. The maximum absolute atomic E-state index is 11.3. The maximum Gasteiger partial charge on any atom is 0.323 e. The summed E-state index contributed by atoms with van der Waals surface area (Å²) in [6.07, 6.45) is -1.09. The van der Waals surface area contributed by atoms with Crippen molar-refractivity contribution in [2.45, 2.75) is 18.7 Å². The number of carboxylic acids is 1. The van der Waals surface area contributed by atoms with Crippen molar-refractivity contribution >= 4 is 5.97 Å². The van der Waals surface area contributed by atoms with E-state index in [1.807, 2.05) is 36.4 Å². The van der Waals surface area contributed by atoms with Crippen LogP contribution >= 0.6 is 0 Å². The van der Waals surface area contributed by atoms with Crippen LogP contribution < -0.4 is 5.32 Å². The average Bonchev–Trinajstić information content (AvgIpc) is 2.49. The fourth-order valence-corrected chi connectivity index (χ4v) is 2.00. The van der Waals surface area contributed by atoms with Crippen molar-refractivity contribution in [1.29, 1.82) is 0 Å². The number of aliphatic hydroxyl groups is 1. The van der Waals surface area contributed by atoms with Crippen LogP contribution in [0, 0.1) is 0 Å². The van der Waals surface area contributed by atoms with Gasteiger partial charge in [0.2, 0.25) is 0 Å². The number of benzene rings is 2. The standard InChI is InChI=1S/C16H17NO3/c18-15(13-9-5-2-6-10-13)14(16(19)20)17-11-12-7-3-1-4-8-12/h1-10,14-15,17-18H,11H2,(H,19,20)/t14-,15+/m0/s1. The van der Waals surface area contributed by atoms with Crippen LogP contribution in [0.2, 0.25) is 0 Å². The summed E-state index contributed by atoms with van der Waals surface area (Å²) in [5, 5.41) is 22.3. The predicted molar refractivity (Wildman–Crippen MR) is 76.1 cm³/mol. The van der Waals surface area contributed by atoms with Gasteiger partial charge >= 0.3 is 5.97 Å². The van der Waals surface area contributed by atoms with Gasteiger partial charge in [0.05, 0.1) is 0 Å². The lowest BCUT2D eigenvalue weighted by atomic mass is 10.0. The highest BCUT2D eigenvalue weighted by atomic mass is 16.4. The SMILES string of the molecule is O=C(O)[C@@H](NCc1ccccc1)[C@H](O)c1ccccc1. The molecular weight excluding hydrogens is 254 g/mol. The Morgan fingerprint density at radius 3 is 2.10 bits per heavy atom. The minimum atomic E-state index is -1.09. The van der Waals surface area contributed by atoms with Crippen molar-refractivity contribution in [3.8, 4) is 0 Å². The zero-order valence-electron chi connectivity index (χ0n) is 10.9. The Morgan fingerprint density at radius 2 is 1.55 bits per heavy atom. The number of nitrogens with one attached hydrogen (secondary N) is 1. The number of aliphatic carboxylic acids is 1. The third kappa shape index (κ3) is 3.66. The highest BCUT2D eigenvalue weighted by molar-refractivity contribution is 5.74. The molecule has 0 spiro atoms. The van der Waals surface area contributed by atoms with Gasteiger partial charge < -0.3 is 10.2 Å². The normalized spacial score (nSPS) is 13.7. The Labute approximate surface area is 117 Å². The third-order valence-electron chi connectivity index (χ3n) is 3.09. The molecule has 0 aliphatic rings. The van der Waals surface area contributed by atoms with E-state index in [1.165, 1.54) is 0 Å². The predicted octanol–water partition coefficient (Wildman–Crippen LogP) is 1.96. The molecule has 0 saturated carbocycles. The first kappa shape index (κ1) is 14.2. The van der Waals surface area contributed by atoms with E-state index < -0.39 is 18.1 Å². The molecule has 20 heavy (non-hydrogen) atoms. The molecule has 3 N–H and O–H groups in total. The zero-order valence-corrected chi connectivity index (χ0v) is 10.9. The van der Waals surface area contributed by atoms with Crippen molar-refractivity contribution in [3.63, 3.8) is 0 Å². The van der Waals surface area contributed by atoms with E-state index in [0.717, 1.165) is 5.56 Å². The number of carbonyl (C=O) groups is 1. The summed E-state index contributed by atoms with van der Waals surface area (Å²) in [6.45, 7) is 0.391. The molecule has 2 aromatic carbocycles. The Morgan fingerprint density at radius 1 is 1.00 bits per heavy atom. The van der Waals surface area contributed by atoms with Crippen LogP contribution in [0.4, 0.5) is 0 Å². The molecule has 0 saturated heterocycles. The van der Waals surface area contributed by atoms with Crippen molar-refractivity contribution < 1.29 is 15.0 Å². The van der Waals surface area contributed by atoms with Gasteiger partial charge in [0.25, 0.3) is 0 Å². The summed E-state index contributed by atoms with van der Waals surface area (Å²) in [5.41, 5.74) is 1.56. The van der Waals surface area contributed by atoms with Gasteiger partial charge in [-0.3, -0.25) is 10.1 Å². The molecule has 0 unspecified atom stereocenters. The molecule has 0 aliphatic carbocycles. The van der Waals surface area contributed by atoms with Crippen molar-refractivity contribution in [1.82, 2.24) is 5.32 Å². The van der Waals surface area contributed by atoms with E-state index in [1.54, 1.807) is 24.3 Å². The Bertz CT molecular complexity index is 542. The van der Waals surface area contributed by atoms with Gasteiger partial charge in [-0.1, -0.05) is 60.7 Å². The number of aliphatic hydroxyl groups excluding tert-OH is 1. The van der Waals surface area contributed by atoms with E-state index in [-0.39, 0.29) is 0 Å². The van der Waals surface area contributed by atoms with E-state index in [9.17, 15) is 15.0 Å². The van der Waals surface area contributed by atoms with Crippen LogP contribution in [0.5, 0.6) is 0 Å². The van der Waals surface area contributed by atoms with Crippen LogP contribution in [0.15, 0.2) is 60.7 Å². The third-order valence-corrected chi connectivity index (χ3v) is 3.09. The first-order chi connectivity index (χ1) is 9.68. The number of hydrogen-bond acceptors (Lipinski definition) is 3. The largest absolute Gasteiger partial charge is 0.480 e. The van der Waals surface area contributed by atoms with E-state index in [0.29, 0.717) is 12.1 Å². The second kappa shape index (κ2) is 6.84. The monoisotopic (exact) mass is 271 g/mol. The van der Waals surface area contributed by atoms with Gasteiger partial charge in [-0.15, -0.1) is 0 Å². The fourth-order valence-electron chi connectivity index (χ4n) is 2.00. The van der Waals surface area contributed by atoms with Crippen LogP contribution in [0.1, 0.15) is 17.2 Å². The maximum atomic E-state index is 11.3. The summed E-state index contributed by atoms with van der Waals surface area (Å²) in [5.74, 6) is -1.07. The first-order valence-electron chi connectivity index (χ1n) is 6.41. The first-order valence-corrected chi connectivity index (χ1v) is 6.41. The van der Waals surface area contributed by atoms with Crippen LogP contribution in [-0.2, 0) is 11.3 Å². The van der Waals surface area contributed by atoms with E-state index in [4.69, 9.17) is 0 Å². The number of hydrogen-bond donors (Lipinski definition) is 3. The highest BCUT2D eigenvalue weighted by Gasteiger charge is 2.27. The summed E-state index contributed by atoms with van der Waals surface area (Å²) < 4.78 is 0. The van der Waals surface area contributed by atoms with E-state index >= 15 is 0 Å². The molecule has 2 rings (SSSR count). The molecule has 0 fully saturated rings. The molecular formula is C16H17NO3. The lowest BCUT2D eigenvalue weighted by Gasteiger charge is -2.20.